The van der Waals surface area contributed by atoms with Crippen molar-refractivity contribution in [2.45, 2.75) is 11.8 Å². The topological polar surface area (TPSA) is 92.5 Å². The Bertz CT molecular complexity index is 651. The van der Waals surface area contributed by atoms with Crippen LogP contribution in [0.4, 0.5) is 10.1 Å². The number of nitrogens with two attached hydrogens (primary N) is 1. The molecule has 0 saturated heterocycles. The molecule has 0 radical (unpaired) electrons. The third kappa shape index (κ3) is 3.84. The summed E-state index contributed by atoms with van der Waals surface area (Å²) in [4.78, 5) is 10.8. The minimum atomic E-state index is -4.14. The molecule has 0 spiro atoms. The Morgan fingerprint density at radius 2 is 2.10 bits per heavy atom. The molecule has 1 atom stereocenters. The van der Waals surface area contributed by atoms with E-state index >= 15 is 0 Å². The van der Waals surface area contributed by atoms with Crippen molar-refractivity contribution in [3.8, 4) is 0 Å². The van der Waals surface area contributed by atoms with Gasteiger partial charge in [0, 0.05) is 31.6 Å². The number of nitrogens with one attached hydrogen (secondary N) is 1. The fraction of sp³-hybridized carbons (Fsp3) is 0.417. The summed E-state index contributed by atoms with van der Waals surface area (Å²) in [7, 11) is -1.43. The number of hydrogen-bond donors (Lipinski definition) is 2. The van der Waals surface area contributed by atoms with Crippen LogP contribution in [0, 0.1) is 11.7 Å². The lowest BCUT2D eigenvalue weighted by Gasteiger charge is -2.21. The molecule has 0 aliphatic heterocycles. The maximum absolute atomic E-state index is 13.9. The number of benzene rings is 1. The van der Waals surface area contributed by atoms with E-state index < -0.39 is 26.7 Å². The molecule has 21 heavy (non-hydrogen) atoms. The number of anilines is 1. The largest absolute Gasteiger partial charge is 0.396 e. The second kappa shape index (κ2) is 6.59. The summed E-state index contributed by atoms with van der Waals surface area (Å²) in [5.41, 5.74) is 5.03. The summed E-state index contributed by atoms with van der Waals surface area (Å²) in [6.45, 7) is 1.46. The Labute approximate surface area is 128 Å². The van der Waals surface area contributed by atoms with Gasteiger partial charge in [0.2, 0.25) is 15.9 Å². The average molecular weight is 338 g/mol. The zero-order valence-corrected chi connectivity index (χ0v) is 13.4. The number of carbonyl (C=O) groups excluding carboxylic acids is 1. The molecule has 0 heterocycles. The third-order valence-corrected chi connectivity index (χ3v) is 4.99. The van der Waals surface area contributed by atoms with Gasteiger partial charge in [-0.15, -0.1) is 0 Å². The fourth-order valence-electron chi connectivity index (χ4n) is 1.75. The molecule has 0 saturated carbocycles. The van der Waals surface area contributed by atoms with Gasteiger partial charge in [-0.05, 0) is 12.1 Å². The minimum absolute atomic E-state index is 0.0141. The van der Waals surface area contributed by atoms with E-state index in [1.807, 2.05) is 0 Å². The summed E-state index contributed by atoms with van der Waals surface area (Å²) in [6, 6.07) is 2.12. The molecule has 0 aliphatic rings. The SMILES string of the molecule is CNC(=O)C(C)CN(C)S(=O)(=O)c1cc(Cl)cc(N)c1F. The molecular weight excluding hydrogens is 321 g/mol. The molecule has 118 valence electrons. The standard InChI is InChI=1S/C12H17ClFN3O3S/c1-7(12(18)16-2)6-17(3)21(19,20)10-5-8(13)4-9(15)11(10)14/h4-5,7H,6,15H2,1-3H3,(H,16,18). The first-order valence-corrected chi connectivity index (χ1v) is 7.85. The van der Waals surface area contributed by atoms with Crippen LogP contribution in [0.1, 0.15) is 6.92 Å². The number of rotatable bonds is 5. The van der Waals surface area contributed by atoms with Gasteiger partial charge in [-0.25, -0.2) is 17.1 Å². The maximum Gasteiger partial charge on any atom is 0.245 e. The zero-order chi connectivity index (χ0) is 16.4. The lowest BCUT2D eigenvalue weighted by molar-refractivity contribution is -0.124. The molecule has 0 bridgehead atoms. The van der Waals surface area contributed by atoms with Gasteiger partial charge in [-0.2, -0.15) is 0 Å². The number of hydrogen-bond acceptors (Lipinski definition) is 4. The van der Waals surface area contributed by atoms with E-state index in [4.69, 9.17) is 17.3 Å². The number of sulfonamides is 1. The number of nitrogens with zero attached hydrogens (tertiary/aromatic N) is 1. The van der Waals surface area contributed by atoms with Crippen LogP contribution in [0.25, 0.3) is 0 Å². The Morgan fingerprint density at radius 1 is 1.52 bits per heavy atom. The van der Waals surface area contributed by atoms with Gasteiger partial charge in [0.25, 0.3) is 0 Å². The molecule has 1 aromatic rings. The molecule has 9 heteroatoms. The first-order chi connectivity index (χ1) is 9.61. The van der Waals surface area contributed by atoms with Crippen molar-refractivity contribution in [1.29, 1.82) is 0 Å². The summed E-state index contributed by atoms with van der Waals surface area (Å²) < 4.78 is 39.5. The van der Waals surface area contributed by atoms with Crippen LogP contribution in [0.5, 0.6) is 0 Å². The van der Waals surface area contributed by atoms with Crippen LogP contribution in [0.2, 0.25) is 5.02 Å². The predicted molar refractivity (Wildman–Crippen MR) is 78.9 cm³/mol. The van der Waals surface area contributed by atoms with Crippen LogP contribution in [0.3, 0.4) is 0 Å². The van der Waals surface area contributed by atoms with E-state index in [-0.39, 0.29) is 23.2 Å². The monoisotopic (exact) mass is 337 g/mol. The molecule has 1 aromatic carbocycles. The van der Waals surface area contributed by atoms with E-state index in [0.29, 0.717) is 0 Å². The molecule has 0 fully saturated rings. The van der Waals surface area contributed by atoms with Crippen molar-refractivity contribution in [1.82, 2.24) is 9.62 Å². The first kappa shape index (κ1) is 17.7. The van der Waals surface area contributed by atoms with Gasteiger partial charge < -0.3 is 11.1 Å². The number of amides is 1. The van der Waals surface area contributed by atoms with Crippen LogP contribution in [-0.2, 0) is 14.8 Å². The van der Waals surface area contributed by atoms with Crippen molar-refractivity contribution in [3.63, 3.8) is 0 Å². The highest BCUT2D eigenvalue weighted by Crippen LogP contribution is 2.27. The first-order valence-electron chi connectivity index (χ1n) is 6.03. The lowest BCUT2D eigenvalue weighted by Crippen LogP contribution is -2.37. The highest BCUT2D eigenvalue weighted by Gasteiger charge is 2.28. The third-order valence-electron chi connectivity index (χ3n) is 2.95. The molecular formula is C12H17ClFN3O3S. The van der Waals surface area contributed by atoms with E-state index in [1.54, 1.807) is 6.92 Å². The number of nitrogen functional groups attached to an aromatic ring is 1. The Hall–Kier alpha value is -1.38. The van der Waals surface area contributed by atoms with Crippen LogP contribution < -0.4 is 11.1 Å². The van der Waals surface area contributed by atoms with Gasteiger partial charge in [-0.1, -0.05) is 18.5 Å². The van der Waals surface area contributed by atoms with Gasteiger partial charge >= 0.3 is 0 Å². The predicted octanol–water partition coefficient (Wildman–Crippen LogP) is 1.06. The molecule has 1 unspecified atom stereocenters. The molecule has 1 rings (SSSR count). The van der Waals surface area contributed by atoms with Crippen LogP contribution in [0.15, 0.2) is 17.0 Å². The van der Waals surface area contributed by atoms with Crippen molar-refractivity contribution in [2.24, 2.45) is 5.92 Å². The number of carbonyl (C=O) groups is 1. The zero-order valence-electron chi connectivity index (χ0n) is 11.9. The van der Waals surface area contributed by atoms with Crippen molar-refractivity contribution < 1.29 is 17.6 Å². The van der Waals surface area contributed by atoms with Crippen LogP contribution >= 0.6 is 11.6 Å². The van der Waals surface area contributed by atoms with E-state index in [2.05, 4.69) is 5.32 Å². The van der Waals surface area contributed by atoms with E-state index in [0.717, 1.165) is 16.4 Å². The fourth-order valence-corrected chi connectivity index (χ4v) is 3.42. The van der Waals surface area contributed by atoms with Crippen molar-refractivity contribution in [3.05, 3.63) is 23.0 Å². The second-order valence-electron chi connectivity index (χ2n) is 4.61. The van der Waals surface area contributed by atoms with E-state index in [9.17, 15) is 17.6 Å². The van der Waals surface area contributed by atoms with Crippen molar-refractivity contribution >= 4 is 33.2 Å². The summed E-state index contributed by atoms with van der Waals surface area (Å²) in [5.74, 6) is -1.96. The molecule has 0 aromatic heterocycles. The minimum Gasteiger partial charge on any atom is -0.396 e. The van der Waals surface area contributed by atoms with Gasteiger partial charge in [0.05, 0.1) is 5.69 Å². The summed E-state index contributed by atoms with van der Waals surface area (Å²) >= 11 is 5.72. The second-order valence-corrected chi connectivity index (χ2v) is 7.06. The molecule has 3 N–H and O–H groups in total. The number of halogens is 2. The Morgan fingerprint density at radius 3 is 2.62 bits per heavy atom. The lowest BCUT2D eigenvalue weighted by atomic mass is 10.2. The average Bonchev–Trinajstić information content (AvgIpc) is 2.41. The van der Waals surface area contributed by atoms with Crippen LogP contribution in [-0.4, -0.2) is 39.3 Å². The van der Waals surface area contributed by atoms with Gasteiger partial charge in [0.15, 0.2) is 5.82 Å². The summed E-state index contributed by atoms with van der Waals surface area (Å²) in [5, 5.41) is 2.43. The van der Waals surface area contributed by atoms with Crippen molar-refractivity contribution in [2.75, 3.05) is 26.4 Å². The quantitative estimate of drug-likeness (QED) is 0.786. The smallest absolute Gasteiger partial charge is 0.245 e. The van der Waals surface area contributed by atoms with Gasteiger partial charge in [-0.3, -0.25) is 4.79 Å². The Kier molecular flexibility index (Phi) is 5.54. The Balaban J connectivity index is 3.14. The molecule has 0 aliphatic carbocycles. The maximum atomic E-state index is 13.9. The van der Waals surface area contributed by atoms with Gasteiger partial charge in [0.1, 0.15) is 4.90 Å². The highest BCUT2D eigenvalue weighted by atomic mass is 35.5. The molecule has 1 amide bonds. The summed E-state index contributed by atoms with van der Waals surface area (Å²) in [6.07, 6.45) is 0. The highest BCUT2D eigenvalue weighted by molar-refractivity contribution is 7.89. The van der Waals surface area contributed by atoms with E-state index in [1.165, 1.54) is 14.1 Å². The molecule has 6 nitrogen and oxygen atoms in total. The normalized spacial score (nSPS) is 13.2.